The predicted molar refractivity (Wildman–Crippen MR) is 98.1 cm³/mol. The van der Waals surface area contributed by atoms with E-state index in [1.54, 1.807) is 6.08 Å². The summed E-state index contributed by atoms with van der Waals surface area (Å²) in [6, 6.07) is 0. The van der Waals surface area contributed by atoms with Crippen LogP contribution >= 0.6 is 0 Å². The molecule has 0 heterocycles. The maximum atomic E-state index is 3.94. The fourth-order valence-corrected chi connectivity index (χ4v) is 1.10. The Balaban J connectivity index is -0.000000656. The van der Waals surface area contributed by atoms with Gasteiger partial charge in [-0.1, -0.05) is 82.9 Å². The Labute approximate surface area is 128 Å². The van der Waals surface area contributed by atoms with Crippen molar-refractivity contribution in [1.29, 1.82) is 0 Å². The molecule has 0 saturated heterocycles. The van der Waals surface area contributed by atoms with Crippen LogP contribution in [0.3, 0.4) is 0 Å². The van der Waals surface area contributed by atoms with Crippen molar-refractivity contribution >= 4 is 0 Å². The van der Waals surface area contributed by atoms with Crippen LogP contribution in [0.4, 0.5) is 0 Å². The van der Waals surface area contributed by atoms with Gasteiger partial charge in [0.05, 0.1) is 0 Å². The Hall–Kier alpha value is -1.56. The second kappa shape index (κ2) is 15.5. The summed E-state index contributed by atoms with van der Waals surface area (Å²) in [4.78, 5) is 0. The van der Waals surface area contributed by atoms with Crippen molar-refractivity contribution in [3.05, 3.63) is 71.9 Å². The maximum Gasteiger partial charge on any atom is -0.0262 e. The van der Waals surface area contributed by atoms with Gasteiger partial charge in [0.25, 0.3) is 0 Å². The van der Waals surface area contributed by atoms with Gasteiger partial charge in [0.2, 0.25) is 0 Å². The van der Waals surface area contributed by atoms with Gasteiger partial charge in [0.15, 0.2) is 0 Å². The molecule has 0 saturated carbocycles. The highest BCUT2D eigenvalue weighted by atomic mass is 14.0. The van der Waals surface area contributed by atoms with Crippen molar-refractivity contribution in [2.75, 3.05) is 0 Å². The van der Waals surface area contributed by atoms with Crippen LogP contribution in [0.2, 0.25) is 0 Å². The van der Waals surface area contributed by atoms with Crippen molar-refractivity contribution in [2.45, 2.75) is 55.4 Å². The summed E-state index contributed by atoms with van der Waals surface area (Å²) in [6.45, 7) is 27.9. The molecular formula is C20H34. The summed E-state index contributed by atoms with van der Waals surface area (Å²) in [5.74, 6) is 0. The van der Waals surface area contributed by atoms with E-state index in [4.69, 9.17) is 0 Å². The molecule has 0 aromatic rings. The number of hydrogen-bond donors (Lipinski definition) is 0. The molecule has 20 heavy (non-hydrogen) atoms. The fourth-order valence-electron chi connectivity index (χ4n) is 1.10. The van der Waals surface area contributed by atoms with Gasteiger partial charge < -0.3 is 0 Å². The highest BCUT2D eigenvalue weighted by Gasteiger charge is 1.93. The highest BCUT2D eigenvalue weighted by Crippen LogP contribution is 2.13. The fraction of sp³-hybridized carbons (Fsp3) is 0.400. The van der Waals surface area contributed by atoms with Gasteiger partial charge in [-0.25, -0.2) is 0 Å². The zero-order valence-corrected chi connectivity index (χ0v) is 14.9. The first-order valence-electron chi connectivity index (χ1n) is 7.39. The van der Waals surface area contributed by atoms with Crippen molar-refractivity contribution in [3.63, 3.8) is 0 Å². The summed E-state index contributed by atoms with van der Waals surface area (Å²) in [5, 5.41) is 0. The molecule has 0 radical (unpaired) electrons. The third kappa shape index (κ3) is 12.9. The van der Waals surface area contributed by atoms with Crippen molar-refractivity contribution in [1.82, 2.24) is 0 Å². The molecule has 0 nitrogen and oxygen atoms in total. The van der Waals surface area contributed by atoms with Crippen LogP contribution in [0, 0.1) is 0 Å². The summed E-state index contributed by atoms with van der Waals surface area (Å²) in [7, 11) is 0. The molecule has 0 aliphatic carbocycles. The molecule has 0 amide bonds. The Morgan fingerprint density at radius 3 is 1.50 bits per heavy atom. The van der Waals surface area contributed by atoms with Crippen molar-refractivity contribution in [2.24, 2.45) is 0 Å². The molecule has 0 aliphatic heterocycles. The van der Waals surface area contributed by atoms with E-state index in [2.05, 4.69) is 59.6 Å². The lowest BCUT2D eigenvalue weighted by Crippen LogP contribution is -1.81. The molecule has 0 N–H and O–H groups in total. The van der Waals surface area contributed by atoms with Crippen LogP contribution < -0.4 is 0 Å². The van der Waals surface area contributed by atoms with Crippen LogP contribution in [0.25, 0.3) is 0 Å². The largest absolute Gasteiger partial charge is 0.0985 e. The summed E-state index contributed by atoms with van der Waals surface area (Å²) in [6.07, 6.45) is 7.93. The number of hydrogen-bond acceptors (Lipinski definition) is 0. The first-order chi connectivity index (χ1) is 9.38. The number of allylic oxidation sites excluding steroid dienone is 9. The minimum Gasteiger partial charge on any atom is -0.0985 e. The van der Waals surface area contributed by atoms with Gasteiger partial charge >= 0.3 is 0 Å². The second-order valence-corrected chi connectivity index (χ2v) is 4.26. The van der Waals surface area contributed by atoms with Crippen LogP contribution in [-0.4, -0.2) is 0 Å². The van der Waals surface area contributed by atoms with E-state index in [1.807, 2.05) is 33.8 Å². The minimum absolute atomic E-state index is 0.863. The number of rotatable bonds is 5. The van der Waals surface area contributed by atoms with Crippen LogP contribution in [-0.2, 0) is 0 Å². The first-order valence-corrected chi connectivity index (χ1v) is 7.39. The Morgan fingerprint density at radius 2 is 1.20 bits per heavy atom. The average Bonchev–Trinajstić information content (AvgIpc) is 2.45. The van der Waals surface area contributed by atoms with Gasteiger partial charge in [-0.3, -0.25) is 0 Å². The molecule has 0 aliphatic rings. The van der Waals surface area contributed by atoms with Crippen LogP contribution in [0.5, 0.6) is 0 Å². The maximum absolute atomic E-state index is 3.94. The van der Waals surface area contributed by atoms with Gasteiger partial charge in [0, 0.05) is 0 Å². The molecule has 114 valence electrons. The van der Waals surface area contributed by atoms with Gasteiger partial charge in [-0.2, -0.15) is 0 Å². The monoisotopic (exact) mass is 274 g/mol. The van der Waals surface area contributed by atoms with Gasteiger partial charge in [-0.15, -0.1) is 0 Å². The zero-order chi connectivity index (χ0) is 16.7. The minimum atomic E-state index is 0.863. The Kier molecular flexibility index (Phi) is 18.2. The van der Waals surface area contributed by atoms with E-state index in [9.17, 15) is 0 Å². The Morgan fingerprint density at radius 1 is 0.750 bits per heavy atom. The first kappa shape index (κ1) is 23.5. The van der Waals surface area contributed by atoms with E-state index >= 15 is 0 Å². The predicted octanol–water partition coefficient (Wildman–Crippen LogP) is 7.20. The third-order valence-corrected chi connectivity index (χ3v) is 2.14. The topological polar surface area (TPSA) is 0 Å². The lowest BCUT2D eigenvalue weighted by atomic mass is 10.0. The van der Waals surface area contributed by atoms with E-state index in [-0.39, 0.29) is 0 Å². The van der Waals surface area contributed by atoms with E-state index in [0.29, 0.717) is 0 Å². The molecule has 0 rings (SSSR count). The van der Waals surface area contributed by atoms with E-state index < -0.39 is 0 Å². The lowest BCUT2D eigenvalue weighted by Gasteiger charge is -2.02. The second-order valence-electron chi connectivity index (χ2n) is 4.26. The Bertz CT molecular complexity index is 376. The molecular weight excluding hydrogens is 240 g/mol. The van der Waals surface area contributed by atoms with Crippen LogP contribution in [0.15, 0.2) is 71.9 Å². The summed E-state index contributed by atoms with van der Waals surface area (Å²) < 4.78 is 0. The zero-order valence-electron chi connectivity index (χ0n) is 14.9. The quantitative estimate of drug-likeness (QED) is 0.465. The normalized spacial score (nSPS) is 8.40. The van der Waals surface area contributed by atoms with Gasteiger partial charge in [-0.05, 0) is 44.4 Å². The third-order valence-electron chi connectivity index (χ3n) is 2.14. The average molecular weight is 274 g/mol. The molecule has 0 fully saturated rings. The van der Waals surface area contributed by atoms with E-state index in [0.717, 1.165) is 11.1 Å². The molecule has 0 atom stereocenters. The van der Waals surface area contributed by atoms with Crippen molar-refractivity contribution < 1.29 is 0 Å². The molecule has 0 aromatic carbocycles. The molecule has 0 spiro atoms. The van der Waals surface area contributed by atoms with Crippen molar-refractivity contribution in [3.8, 4) is 0 Å². The molecule has 0 unspecified atom stereocenters. The standard InChI is InChI=1S/C16H22.2C2H6/c1-8-14(6)15(7)9-10-16(13(4)5)11-12(2)3;2*1-2/h8-11H,1,6-7H2,2-5H3;2*1-2H3/b10-9-;;. The summed E-state index contributed by atoms with van der Waals surface area (Å²) in [5.41, 5.74) is 5.55. The smallest absolute Gasteiger partial charge is 0.0262 e. The molecule has 0 bridgehead atoms. The SMILES string of the molecule is C=CC(=C)C(=C)/C=C\C(C=C(C)C)=C(C)C.CC.CC. The highest BCUT2D eigenvalue weighted by molar-refractivity contribution is 5.46. The van der Waals surface area contributed by atoms with Crippen LogP contribution in [0.1, 0.15) is 55.4 Å². The lowest BCUT2D eigenvalue weighted by molar-refractivity contribution is 1.30. The van der Waals surface area contributed by atoms with E-state index in [1.165, 1.54) is 16.7 Å². The molecule has 0 aromatic heterocycles. The summed E-state index contributed by atoms with van der Waals surface area (Å²) >= 11 is 0. The van der Waals surface area contributed by atoms with Gasteiger partial charge in [0.1, 0.15) is 0 Å². The molecule has 0 heteroatoms.